The lowest BCUT2D eigenvalue weighted by molar-refractivity contribution is -0.123. The molecule has 4 nitrogen and oxygen atoms in total. The number of carbonyl (C=O) groups excluding carboxylic acids is 1. The van der Waals surface area contributed by atoms with E-state index in [1.807, 2.05) is 0 Å². The molecule has 0 spiro atoms. The van der Waals surface area contributed by atoms with Crippen molar-refractivity contribution < 1.29 is 9.53 Å². The lowest BCUT2D eigenvalue weighted by Crippen LogP contribution is -2.43. The van der Waals surface area contributed by atoms with Gasteiger partial charge in [0.1, 0.15) is 0 Å². The summed E-state index contributed by atoms with van der Waals surface area (Å²) in [5.74, 6) is 1.99. The first-order chi connectivity index (χ1) is 11.3. The number of nitrogens with one attached hydrogen (secondary N) is 1. The third-order valence-electron chi connectivity index (χ3n) is 5.79. The first kappa shape index (κ1) is 15.6. The molecule has 2 saturated carbocycles. The molecule has 2 aliphatic carbocycles. The summed E-state index contributed by atoms with van der Waals surface area (Å²) >= 11 is 1.79. The molecule has 3 aliphatic rings. The maximum atomic E-state index is 12.6. The Morgan fingerprint density at radius 2 is 2.04 bits per heavy atom. The predicted molar refractivity (Wildman–Crippen MR) is 91.4 cm³/mol. The minimum Gasteiger partial charge on any atom is -0.379 e. The SMILES string of the molecule is O=C(NCC(c1cccs1)N1CCOCC1)C1[C@H]2CCCC[C@@H]12. The van der Waals surface area contributed by atoms with Gasteiger partial charge in [0, 0.05) is 30.4 Å². The molecule has 23 heavy (non-hydrogen) atoms. The number of rotatable bonds is 5. The van der Waals surface area contributed by atoms with Crippen LogP contribution in [0, 0.1) is 17.8 Å². The largest absolute Gasteiger partial charge is 0.379 e. The fourth-order valence-electron chi connectivity index (χ4n) is 4.48. The number of amides is 1. The van der Waals surface area contributed by atoms with Crippen LogP contribution in [0.2, 0.25) is 0 Å². The molecular weight excluding hydrogens is 308 g/mol. The number of thiophene rings is 1. The van der Waals surface area contributed by atoms with Crippen molar-refractivity contribution in [3.05, 3.63) is 22.4 Å². The van der Waals surface area contributed by atoms with Crippen LogP contribution in [0.4, 0.5) is 0 Å². The minimum absolute atomic E-state index is 0.295. The van der Waals surface area contributed by atoms with Gasteiger partial charge < -0.3 is 10.1 Å². The summed E-state index contributed by atoms with van der Waals surface area (Å²) < 4.78 is 5.48. The van der Waals surface area contributed by atoms with E-state index in [4.69, 9.17) is 4.74 Å². The van der Waals surface area contributed by atoms with E-state index >= 15 is 0 Å². The fraction of sp³-hybridized carbons (Fsp3) is 0.722. The zero-order valence-electron chi connectivity index (χ0n) is 13.6. The second-order valence-corrected chi connectivity index (χ2v) is 8.04. The molecule has 1 saturated heterocycles. The molecule has 4 atom stereocenters. The van der Waals surface area contributed by atoms with E-state index in [9.17, 15) is 4.79 Å². The quantitative estimate of drug-likeness (QED) is 0.900. The third kappa shape index (κ3) is 3.32. The lowest BCUT2D eigenvalue weighted by atomic mass is 10.0. The summed E-state index contributed by atoms with van der Waals surface area (Å²) in [6.07, 6.45) is 5.16. The van der Waals surface area contributed by atoms with Gasteiger partial charge >= 0.3 is 0 Å². The van der Waals surface area contributed by atoms with Gasteiger partial charge in [-0.05, 0) is 36.1 Å². The Bertz CT molecular complexity index is 515. The van der Waals surface area contributed by atoms with Gasteiger partial charge in [0.25, 0.3) is 0 Å². The molecule has 0 aromatic carbocycles. The van der Waals surface area contributed by atoms with Crippen molar-refractivity contribution in [3.8, 4) is 0 Å². The molecule has 1 aromatic heterocycles. The topological polar surface area (TPSA) is 41.6 Å². The molecular formula is C18H26N2O2S. The summed E-state index contributed by atoms with van der Waals surface area (Å²) in [7, 11) is 0. The van der Waals surface area contributed by atoms with E-state index in [1.165, 1.54) is 30.6 Å². The van der Waals surface area contributed by atoms with Crippen molar-refractivity contribution in [1.29, 1.82) is 0 Å². The number of fused-ring (bicyclic) bond motifs is 1. The monoisotopic (exact) mass is 334 g/mol. The highest BCUT2D eigenvalue weighted by Gasteiger charge is 2.54. The van der Waals surface area contributed by atoms with E-state index in [0.717, 1.165) is 32.8 Å². The molecule has 5 heteroatoms. The second-order valence-electron chi connectivity index (χ2n) is 7.06. The van der Waals surface area contributed by atoms with Gasteiger partial charge in [-0.1, -0.05) is 18.9 Å². The summed E-state index contributed by atoms with van der Waals surface area (Å²) in [6, 6.07) is 4.59. The summed E-state index contributed by atoms with van der Waals surface area (Å²) in [5.41, 5.74) is 0. The van der Waals surface area contributed by atoms with Crippen molar-refractivity contribution in [2.24, 2.45) is 17.8 Å². The Kier molecular flexibility index (Phi) is 4.69. The first-order valence-corrected chi connectivity index (χ1v) is 9.85. The standard InChI is InChI=1S/C18H26N2O2S/c21-18(17-13-4-1-2-5-14(13)17)19-12-15(16-6-3-11-23-16)20-7-9-22-10-8-20/h3,6,11,13-15,17H,1-2,4-5,7-10,12H2,(H,19,21)/t13-,14+,15?,17?. The van der Waals surface area contributed by atoms with Crippen molar-refractivity contribution in [1.82, 2.24) is 10.2 Å². The van der Waals surface area contributed by atoms with Gasteiger partial charge in [-0.3, -0.25) is 9.69 Å². The number of ether oxygens (including phenoxy) is 1. The van der Waals surface area contributed by atoms with Gasteiger partial charge in [-0.25, -0.2) is 0 Å². The number of hydrogen-bond acceptors (Lipinski definition) is 4. The van der Waals surface area contributed by atoms with Gasteiger partial charge in [-0.15, -0.1) is 11.3 Å². The maximum Gasteiger partial charge on any atom is 0.223 e. The molecule has 1 aromatic rings. The van der Waals surface area contributed by atoms with E-state index in [-0.39, 0.29) is 0 Å². The number of hydrogen-bond donors (Lipinski definition) is 1. The Labute approximate surface area is 142 Å². The molecule has 3 fully saturated rings. The van der Waals surface area contributed by atoms with Crippen LogP contribution >= 0.6 is 11.3 Å². The molecule has 1 amide bonds. The van der Waals surface area contributed by atoms with Crippen molar-refractivity contribution in [3.63, 3.8) is 0 Å². The lowest BCUT2D eigenvalue weighted by Gasteiger charge is -2.34. The van der Waals surface area contributed by atoms with E-state index in [0.29, 0.717) is 29.7 Å². The normalized spacial score (nSPS) is 32.1. The van der Waals surface area contributed by atoms with E-state index in [1.54, 1.807) is 11.3 Å². The Hall–Kier alpha value is -0.910. The van der Waals surface area contributed by atoms with Crippen molar-refractivity contribution >= 4 is 17.2 Å². The van der Waals surface area contributed by atoms with Crippen LogP contribution in [-0.2, 0) is 9.53 Å². The summed E-state index contributed by atoms with van der Waals surface area (Å²) in [6.45, 7) is 4.22. The molecule has 2 unspecified atom stereocenters. The maximum absolute atomic E-state index is 12.6. The smallest absolute Gasteiger partial charge is 0.223 e. The Morgan fingerprint density at radius 1 is 1.30 bits per heavy atom. The van der Waals surface area contributed by atoms with Crippen molar-refractivity contribution in [2.45, 2.75) is 31.7 Å². The van der Waals surface area contributed by atoms with Gasteiger partial charge in [-0.2, -0.15) is 0 Å². The minimum atomic E-state index is 0.295. The molecule has 126 valence electrons. The Morgan fingerprint density at radius 3 is 2.70 bits per heavy atom. The Balaban J connectivity index is 1.37. The molecule has 0 radical (unpaired) electrons. The molecule has 1 N–H and O–H groups in total. The zero-order chi connectivity index (χ0) is 15.6. The van der Waals surface area contributed by atoms with E-state index < -0.39 is 0 Å². The average molecular weight is 334 g/mol. The number of morpholine rings is 1. The number of nitrogens with zero attached hydrogens (tertiary/aromatic N) is 1. The summed E-state index contributed by atoms with van der Waals surface area (Å²) in [4.78, 5) is 16.4. The van der Waals surface area contributed by atoms with Crippen LogP contribution in [0.5, 0.6) is 0 Å². The molecule has 2 heterocycles. The summed E-state index contributed by atoms with van der Waals surface area (Å²) in [5, 5.41) is 5.40. The highest BCUT2D eigenvalue weighted by atomic mass is 32.1. The molecule has 1 aliphatic heterocycles. The first-order valence-electron chi connectivity index (χ1n) is 8.97. The van der Waals surface area contributed by atoms with Crippen molar-refractivity contribution in [2.75, 3.05) is 32.8 Å². The number of carbonyl (C=O) groups is 1. The van der Waals surface area contributed by atoms with Crippen LogP contribution in [0.1, 0.15) is 36.6 Å². The van der Waals surface area contributed by atoms with Gasteiger partial charge in [0.2, 0.25) is 5.91 Å². The second kappa shape index (κ2) is 6.91. The molecule has 0 bridgehead atoms. The highest BCUT2D eigenvalue weighted by molar-refractivity contribution is 7.10. The predicted octanol–water partition coefficient (Wildman–Crippen LogP) is 2.67. The van der Waals surface area contributed by atoms with Crippen LogP contribution < -0.4 is 5.32 Å². The van der Waals surface area contributed by atoms with Gasteiger partial charge in [0.05, 0.1) is 19.3 Å². The van der Waals surface area contributed by atoms with Crippen LogP contribution in [0.15, 0.2) is 17.5 Å². The van der Waals surface area contributed by atoms with Gasteiger partial charge in [0.15, 0.2) is 0 Å². The fourth-order valence-corrected chi connectivity index (χ4v) is 5.34. The average Bonchev–Trinajstić information content (AvgIpc) is 3.08. The van der Waals surface area contributed by atoms with Crippen LogP contribution in [-0.4, -0.2) is 43.7 Å². The van der Waals surface area contributed by atoms with E-state index in [2.05, 4.69) is 27.7 Å². The van der Waals surface area contributed by atoms with Crippen LogP contribution in [0.3, 0.4) is 0 Å². The molecule has 4 rings (SSSR count). The van der Waals surface area contributed by atoms with Crippen LogP contribution in [0.25, 0.3) is 0 Å². The third-order valence-corrected chi connectivity index (χ3v) is 6.76. The highest BCUT2D eigenvalue weighted by Crippen LogP contribution is 2.55. The zero-order valence-corrected chi connectivity index (χ0v) is 14.4.